The molecule has 0 radical (unpaired) electrons. The minimum atomic E-state index is -3.47. The lowest BCUT2D eigenvalue weighted by Gasteiger charge is -2.33. The molecule has 1 aliphatic carbocycles. The summed E-state index contributed by atoms with van der Waals surface area (Å²) in [7, 11) is -3.47. The van der Waals surface area contributed by atoms with Gasteiger partial charge in [0, 0.05) is 35.9 Å². The number of fused-ring (bicyclic) bond motifs is 1. The van der Waals surface area contributed by atoms with Crippen molar-refractivity contribution in [3.63, 3.8) is 0 Å². The van der Waals surface area contributed by atoms with Crippen LogP contribution >= 0.6 is 11.6 Å². The van der Waals surface area contributed by atoms with E-state index in [-0.39, 0.29) is 17.9 Å². The van der Waals surface area contributed by atoms with E-state index < -0.39 is 10.0 Å². The van der Waals surface area contributed by atoms with E-state index in [1.54, 1.807) is 10.5 Å². The summed E-state index contributed by atoms with van der Waals surface area (Å²) < 4.78 is 47.2. The Morgan fingerprint density at radius 1 is 1.24 bits per heavy atom. The number of pyridine rings is 1. The van der Waals surface area contributed by atoms with Crippen LogP contribution in [0.3, 0.4) is 0 Å². The third kappa shape index (κ3) is 5.23. The van der Waals surface area contributed by atoms with Crippen LogP contribution in [-0.2, 0) is 16.6 Å². The molecule has 1 N–H and O–H groups in total. The Labute approximate surface area is 196 Å². The van der Waals surface area contributed by atoms with Gasteiger partial charge in [-0.05, 0) is 55.8 Å². The molecule has 8 nitrogen and oxygen atoms in total. The predicted octanol–water partition coefficient (Wildman–Crippen LogP) is 3.81. The molecule has 3 aromatic rings. The van der Waals surface area contributed by atoms with Gasteiger partial charge in [0.25, 0.3) is 0 Å². The summed E-state index contributed by atoms with van der Waals surface area (Å²) >= 11 is 6.22. The highest BCUT2D eigenvalue weighted by Crippen LogP contribution is 2.45. The van der Waals surface area contributed by atoms with E-state index in [0.29, 0.717) is 23.1 Å². The Morgan fingerprint density at radius 2 is 2.06 bits per heavy atom. The van der Waals surface area contributed by atoms with Gasteiger partial charge in [-0.25, -0.2) is 12.8 Å². The molecule has 1 atom stereocenters. The minimum absolute atomic E-state index is 0.00513. The first-order valence-electron chi connectivity index (χ1n) is 10.9. The highest BCUT2D eigenvalue weighted by atomic mass is 35.5. The molecule has 3 heterocycles. The van der Waals surface area contributed by atoms with Crippen molar-refractivity contribution >= 4 is 33.2 Å². The van der Waals surface area contributed by atoms with Crippen molar-refractivity contribution in [3.8, 4) is 5.75 Å². The van der Waals surface area contributed by atoms with Crippen molar-refractivity contribution in [1.29, 1.82) is 0 Å². The first-order valence-corrected chi connectivity index (χ1v) is 13.2. The molecular weight excluding hydrogens is 469 g/mol. The van der Waals surface area contributed by atoms with Crippen LogP contribution in [0.15, 0.2) is 30.5 Å². The molecule has 0 bridgehead atoms. The summed E-state index contributed by atoms with van der Waals surface area (Å²) in [5, 5.41) is 8.53. The molecule has 0 amide bonds. The van der Waals surface area contributed by atoms with E-state index in [9.17, 15) is 12.8 Å². The molecule has 2 aromatic heterocycles. The maximum absolute atomic E-state index is 13.4. The fourth-order valence-electron chi connectivity index (χ4n) is 4.29. The van der Waals surface area contributed by atoms with Gasteiger partial charge in [-0.2, -0.15) is 0 Å². The molecular formula is C22H25ClFN5O3S. The van der Waals surface area contributed by atoms with Gasteiger partial charge in [-0.15, -0.1) is 10.2 Å². The highest BCUT2D eigenvalue weighted by Gasteiger charge is 2.30. The van der Waals surface area contributed by atoms with Crippen LogP contribution in [0.5, 0.6) is 5.75 Å². The van der Waals surface area contributed by atoms with Gasteiger partial charge < -0.3 is 4.74 Å². The average Bonchev–Trinajstić information content (AvgIpc) is 3.52. The number of aromatic nitrogens is 3. The Kier molecular flexibility index (Phi) is 5.92. The molecule has 0 spiro atoms. The normalized spacial score (nSPS) is 19.7. The van der Waals surface area contributed by atoms with Crippen molar-refractivity contribution in [3.05, 3.63) is 52.4 Å². The zero-order valence-corrected chi connectivity index (χ0v) is 19.7. The molecule has 11 heteroatoms. The van der Waals surface area contributed by atoms with Crippen LogP contribution in [0, 0.1) is 5.82 Å². The van der Waals surface area contributed by atoms with Crippen LogP contribution < -0.4 is 9.46 Å². The van der Waals surface area contributed by atoms with Gasteiger partial charge >= 0.3 is 0 Å². The summed E-state index contributed by atoms with van der Waals surface area (Å²) in [6, 6.07) is 6.34. The maximum atomic E-state index is 13.4. The smallest absolute Gasteiger partial charge is 0.242 e. The van der Waals surface area contributed by atoms with E-state index >= 15 is 0 Å². The number of halogens is 2. The van der Waals surface area contributed by atoms with Crippen molar-refractivity contribution in [2.75, 3.05) is 24.1 Å². The Bertz CT molecular complexity index is 1290. The topological polar surface area (TPSA) is 88.8 Å². The van der Waals surface area contributed by atoms with E-state index in [2.05, 4.69) is 19.8 Å². The number of benzene rings is 1. The van der Waals surface area contributed by atoms with Crippen molar-refractivity contribution in [1.82, 2.24) is 19.5 Å². The first kappa shape index (κ1) is 22.4. The number of rotatable bonds is 7. The van der Waals surface area contributed by atoms with Crippen molar-refractivity contribution in [2.45, 2.75) is 44.2 Å². The molecule has 1 saturated carbocycles. The Balaban J connectivity index is 1.35. The fraction of sp³-hybridized carbons (Fsp3) is 0.455. The molecule has 33 heavy (non-hydrogen) atoms. The lowest BCUT2D eigenvalue weighted by molar-refractivity contribution is 0.0836. The van der Waals surface area contributed by atoms with E-state index in [0.717, 1.165) is 61.9 Å². The second-order valence-corrected chi connectivity index (χ2v) is 11.0. The van der Waals surface area contributed by atoms with Crippen LogP contribution in [0.2, 0.25) is 5.02 Å². The lowest BCUT2D eigenvalue weighted by Crippen LogP contribution is -2.40. The van der Waals surface area contributed by atoms with E-state index in [4.69, 9.17) is 16.3 Å². The molecule has 1 saturated heterocycles. The molecule has 176 valence electrons. The fourth-order valence-corrected chi connectivity index (χ4v) is 4.99. The molecule has 1 aromatic carbocycles. The second kappa shape index (κ2) is 8.73. The lowest BCUT2D eigenvalue weighted by atomic mass is 10.1. The number of nitrogens with one attached hydrogen (secondary N) is 1. The highest BCUT2D eigenvalue weighted by molar-refractivity contribution is 7.92. The Morgan fingerprint density at radius 3 is 2.79 bits per heavy atom. The quantitative estimate of drug-likeness (QED) is 0.538. The molecule has 2 aliphatic rings. The summed E-state index contributed by atoms with van der Waals surface area (Å²) in [5.74, 6) is 0.988. The van der Waals surface area contributed by atoms with Gasteiger partial charge in [-0.3, -0.25) is 14.0 Å². The summed E-state index contributed by atoms with van der Waals surface area (Å²) in [6.45, 7) is 2.29. The maximum Gasteiger partial charge on any atom is 0.242 e. The monoisotopic (exact) mass is 493 g/mol. The number of nitrogens with zero attached hydrogens (tertiary/aromatic N) is 4. The summed E-state index contributed by atoms with van der Waals surface area (Å²) in [6.07, 6.45) is 7.01. The number of piperidine rings is 1. The van der Waals surface area contributed by atoms with Crippen molar-refractivity contribution in [2.24, 2.45) is 0 Å². The van der Waals surface area contributed by atoms with Gasteiger partial charge in [0.1, 0.15) is 17.7 Å². The summed E-state index contributed by atoms with van der Waals surface area (Å²) in [4.78, 5) is 2.27. The van der Waals surface area contributed by atoms with Gasteiger partial charge in [-0.1, -0.05) is 17.7 Å². The van der Waals surface area contributed by atoms with Crippen LogP contribution in [-0.4, -0.2) is 53.4 Å². The number of ether oxygens (including phenoxy) is 1. The largest absolute Gasteiger partial charge is 0.489 e. The minimum Gasteiger partial charge on any atom is -0.489 e. The number of sulfonamides is 1. The standard InChI is InChI=1S/C22H25ClFN5O3S/c1-33(30,31)27-22-26-25-21-10-20(18(13-29(21)22)14-4-5-14)32-17-3-2-8-28(12-17)11-15-6-7-16(24)9-19(15)23/h6-7,9-10,13-14,17H,2-5,8,11-12H2,1H3,(H,26,27)/t17-/m1/s1. The molecule has 0 unspecified atom stereocenters. The molecule has 2 fully saturated rings. The third-order valence-corrected chi connectivity index (χ3v) is 6.90. The first-order chi connectivity index (χ1) is 15.7. The zero-order chi connectivity index (χ0) is 23.2. The molecule has 5 rings (SSSR count). The van der Waals surface area contributed by atoms with Crippen molar-refractivity contribution < 1.29 is 17.5 Å². The van der Waals surface area contributed by atoms with Crippen LogP contribution in [0.1, 0.15) is 42.7 Å². The average molecular weight is 494 g/mol. The Hall–Kier alpha value is -2.43. The van der Waals surface area contributed by atoms with Crippen LogP contribution in [0.25, 0.3) is 5.65 Å². The molecule has 1 aliphatic heterocycles. The number of likely N-dealkylation sites (tertiary alicyclic amines) is 1. The SMILES string of the molecule is CS(=O)(=O)Nc1nnc2cc(O[C@@H]3CCCN(Cc4ccc(F)cc4Cl)C3)c(C3CC3)cn12. The summed E-state index contributed by atoms with van der Waals surface area (Å²) in [5.41, 5.74) is 2.46. The van der Waals surface area contributed by atoms with Gasteiger partial charge in [0.2, 0.25) is 16.0 Å². The van der Waals surface area contributed by atoms with E-state index in [1.807, 2.05) is 12.3 Å². The number of anilines is 1. The number of hydrogen-bond donors (Lipinski definition) is 1. The van der Waals surface area contributed by atoms with Crippen LogP contribution in [0.4, 0.5) is 10.3 Å². The van der Waals surface area contributed by atoms with Gasteiger partial charge in [0.15, 0.2) is 5.65 Å². The number of hydrogen-bond acceptors (Lipinski definition) is 6. The zero-order valence-electron chi connectivity index (χ0n) is 18.2. The second-order valence-electron chi connectivity index (χ2n) is 8.85. The van der Waals surface area contributed by atoms with E-state index in [1.165, 1.54) is 12.1 Å². The van der Waals surface area contributed by atoms with Gasteiger partial charge in [0.05, 0.1) is 6.26 Å². The predicted molar refractivity (Wildman–Crippen MR) is 124 cm³/mol. The third-order valence-electron chi connectivity index (χ3n) is 5.99.